The normalized spacial score (nSPS) is 11.0. The number of nitrogens with zero attached hydrogens (tertiary/aromatic N) is 1. The molecule has 0 fully saturated rings. The van der Waals surface area contributed by atoms with Gasteiger partial charge in [-0.3, -0.25) is 9.59 Å². The van der Waals surface area contributed by atoms with Crippen molar-refractivity contribution in [1.29, 1.82) is 0 Å². The lowest BCUT2D eigenvalue weighted by Crippen LogP contribution is -2.18. The molecule has 0 spiro atoms. The fraction of sp³-hybridized carbons (Fsp3) is 0.389. The number of thioether (sulfide) groups is 1. The van der Waals surface area contributed by atoms with Gasteiger partial charge in [0.15, 0.2) is 10.9 Å². The summed E-state index contributed by atoms with van der Waals surface area (Å²) in [5.74, 6) is 0.728. The minimum Gasteiger partial charge on any atom is -0.301 e. The molecule has 2 rings (SSSR count). The summed E-state index contributed by atoms with van der Waals surface area (Å²) in [7, 11) is 0. The van der Waals surface area contributed by atoms with Gasteiger partial charge in [0.1, 0.15) is 0 Å². The van der Waals surface area contributed by atoms with E-state index in [4.69, 9.17) is 11.6 Å². The molecule has 1 aromatic carbocycles. The molecule has 6 heteroatoms. The SMILES string of the molecule is Cc1nc(SCC(=O)c2ccc(Cl)cc2)[nH]c(=O)c1CCC(C)C. The molecule has 0 aliphatic heterocycles. The molecule has 4 nitrogen and oxygen atoms in total. The fourth-order valence-corrected chi connectivity index (χ4v) is 3.16. The number of carbonyl (C=O) groups excluding carboxylic acids is 1. The van der Waals surface area contributed by atoms with Gasteiger partial charge in [0, 0.05) is 21.8 Å². The van der Waals surface area contributed by atoms with Crippen LogP contribution in [0.25, 0.3) is 0 Å². The van der Waals surface area contributed by atoms with Crippen LogP contribution in [-0.2, 0) is 6.42 Å². The Bertz CT molecular complexity index is 770. The van der Waals surface area contributed by atoms with E-state index in [-0.39, 0.29) is 17.1 Å². The van der Waals surface area contributed by atoms with Gasteiger partial charge < -0.3 is 4.98 Å². The topological polar surface area (TPSA) is 62.8 Å². The number of Topliss-reactive ketones (excluding diaryl/α,β-unsaturated/α-hetero) is 1. The van der Waals surface area contributed by atoms with Crippen molar-refractivity contribution in [2.75, 3.05) is 5.75 Å². The number of hydrogen-bond donors (Lipinski definition) is 1. The Morgan fingerprint density at radius 1 is 1.29 bits per heavy atom. The maximum Gasteiger partial charge on any atom is 0.254 e. The van der Waals surface area contributed by atoms with Crippen LogP contribution in [0.4, 0.5) is 0 Å². The van der Waals surface area contributed by atoms with Crippen molar-refractivity contribution < 1.29 is 4.79 Å². The predicted molar refractivity (Wildman–Crippen MR) is 99.3 cm³/mol. The third-order valence-corrected chi connectivity index (χ3v) is 4.80. The fourth-order valence-electron chi connectivity index (χ4n) is 2.23. The first-order chi connectivity index (χ1) is 11.4. The number of rotatable bonds is 7. The molecule has 1 aromatic heterocycles. The maximum absolute atomic E-state index is 12.2. The van der Waals surface area contributed by atoms with Crippen LogP contribution in [0.2, 0.25) is 5.02 Å². The number of H-pyrrole nitrogens is 1. The zero-order valence-corrected chi connectivity index (χ0v) is 15.6. The lowest BCUT2D eigenvalue weighted by Gasteiger charge is -2.08. The van der Waals surface area contributed by atoms with E-state index in [0.717, 1.165) is 24.1 Å². The highest BCUT2D eigenvalue weighted by Gasteiger charge is 2.12. The summed E-state index contributed by atoms with van der Waals surface area (Å²) in [5, 5.41) is 1.07. The average Bonchev–Trinajstić information content (AvgIpc) is 2.52. The molecule has 1 heterocycles. The zero-order chi connectivity index (χ0) is 17.7. The first kappa shape index (κ1) is 18.7. The molecule has 0 atom stereocenters. The predicted octanol–water partition coefficient (Wildman–Crippen LogP) is 4.30. The number of aromatic nitrogens is 2. The van der Waals surface area contributed by atoms with Crippen LogP contribution >= 0.6 is 23.4 Å². The molecule has 1 N–H and O–H groups in total. The lowest BCUT2D eigenvalue weighted by atomic mass is 10.0. The van der Waals surface area contributed by atoms with E-state index in [1.165, 1.54) is 11.8 Å². The van der Waals surface area contributed by atoms with E-state index < -0.39 is 0 Å². The summed E-state index contributed by atoms with van der Waals surface area (Å²) in [6.07, 6.45) is 1.67. The van der Waals surface area contributed by atoms with E-state index in [1.54, 1.807) is 24.3 Å². The Hall–Kier alpha value is -1.59. The number of hydrogen-bond acceptors (Lipinski definition) is 4. The molecule has 0 radical (unpaired) electrons. The molecule has 2 aromatic rings. The summed E-state index contributed by atoms with van der Waals surface area (Å²) in [6.45, 7) is 6.10. The quantitative estimate of drug-likeness (QED) is 0.452. The van der Waals surface area contributed by atoms with E-state index in [0.29, 0.717) is 21.7 Å². The van der Waals surface area contributed by atoms with Gasteiger partial charge in [-0.2, -0.15) is 0 Å². The number of aryl methyl sites for hydroxylation is 1. The first-order valence-electron chi connectivity index (χ1n) is 7.88. The number of aromatic amines is 1. The number of halogens is 1. The molecular formula is C18H21ClN2O2S. The second kappa shape index (κ2) is 8.49. The Labute approximate surface area is 151 Å². The minimum atomic E-state index is -0.107. The number of carbonyl (C=O) groups is 1. The highest BCUT2D eigenvalue weighted by molar-refractivity contribution is 7.99. The molecule has 128 valence electrons. The van der Waals surface area contributed by atoms with Crippen molar-refractivity contribution in [1.82, 2.24) is 9.97 Å². The summed E-state index contributed by atoms with van der Waals surface area (Å²) in [4.78, 5) is 31.6. The zero-order valence-electron chi connectivity index (χ0n) is 14.1. The number of benzene rings is 1. The van der Waals surface area contributed by atoms with Gasteiger partial charge in [0.2, 0.25) is 0 Å². The van der Waals surface area contributed by atoms with Gasteiger partial charge in [-0.25, -0.2) is 4.98 Å². The van der Waals surface area contributed by atoms with Gasteiger partial charge >= 0.3 is 0 Å². The third kappa shape index (κ3) is 5.21. The van der Waals surface area contributed by atoms with E-state index in [1.807, 2.05) is 6.92 Å². The van der Waals surface area contributed by atoms with Gasteiger partial charge in [-0.1, -0.05) is 37.2 Å². The van der Waals surface area contributed by atoms with Crippen molar-refractivity contribution in [3.63, 3.8) is 0 Å². The lowest BCUT2D eigenvalue weighted by molar-refractivity contribution is 0.102. The molecule has 0 amide bonds. The highest BCUT2D eigenvalue weighted by atomic mass is 35.5. The van der Waals surface area contributed by atoms with Crippen LogP contribution in [0, 0.1) is 12.8 Å². The molecule has 0 unspecified atom stereocenters. The largest absolute Gasteiger partial charge is 0.301 e. The maximum atomic E-state index is 12.2. The second-order valence-electron chi connectivity index (χ2n) is 6.09. The summed E-state index contributed by atoms with van der Waals surface area (Å²) < 4.78 is 0. The first-order valence-corrected chi connectivity index (χ1v) is 9.24. The van der Waals surface area contributed by atoms with E-state index in [9.17, 15) is 9.59 Å². The van der Waals surface area contributed by atoms with Crippen molar-refractivity contribution in [3.8, 4) is 0 Å². The Morgan fingerprint density at radius 2 is 1.96 bits per heavy atom. The van der Waals surface area contributed by atoms with Crippen LogP contribution in [0.1, 0.15) is 41.9 Å². The van der Waals surface area contributed by atoms with Crippen molar-refractivity contribution in [2.45, 2.75) is 38.8 Å². The van der Waals surface area contributed by atoms with E-state index in [2.05, 4.69) is 23.8 Å². The molecule has 0 saturated heterocycles. The van der Waals surface area contributed by atoms with Gasteiger partial charge in [-0.15, -0.1) is 0 Å². The van der Waals surface area contributed by atoms with Crippen LogP contribution in [0.15, 0.2) is 34.2 Å². The van der Waals surface area contributed by atoms with Crippen molar-refractivity contribution in [2.24, 2.45) is 5.92 Å². The molecule has 0 aliphatic carbocycles. The molecular weight excluding hydrogens is 344 g/mol. The van der Waals surface area contributed by atoms with Crippen LogP contribution in [-0.4, -0.2) is 21.5 Å². The van der Waals surface area contributed by atoms with E-state index >= 15 is 0 Å². The molecule has 24 heavy (non-hydrogen) atoms. The minimum absolute atomic E-state index is 0.0270. The molecule has 0 aliphatic rings. The molecule has 0 saturated carbocycles. The second-order valence-corrected chi connectivity index (χ2v) is 7.49. The number of ketones is 1. The standard InChI is InChI=1S/C18H21ClN2O2S/c1-11(2)4-9-15-12(3)20-18(21-17(15)23)24-10-16(22)13-5-7-14(19)8-6-13/h5-8,11H,4,9-10H2,1-3H3,(H,20,21,23). The van der Waals surface area contributed by atoms with Crippen LogP contribution < -0.4 is 5.56 Å². The average molecular weight is 365 g/mol. The Balaban J connectivity index is 2.04. The summed E-state index contributed by atoms with van der Waals surface area (Å²) >= 11 is 7.06. The Kier molecular flexibility index (Phi) is 6.63. The highest BCUT2D eigenvalue weighted by Crippen LogP contribution is 2.17. The van der Waals surface area contributed by atoms with Crippen LogP contribution in [0.3, 0.4) is 0 Å². The van der Waals surface area contributed by atoms with Crippen molar-refractivity contribution >= 4 is 29.1 Å². The van der Waals surface area contributed by atoms with Crippen molar-refractivity contribution in [3.05, 3.63) is 56.5 Å². The van der Waals surface area contributed by atoms with Gasteiger partial charge in [0.25, 0.3) is 5.56 Å². The summed E-state index contributed by atoms with van der Waals surface area (Å²) in [6, 6.07) is 6.77. The summed E-state index contributed by atoms with van der Waals surface area (Å²) in [5.41, 5.74) is 1.96. The van der Waals surface area contributed by atoms with Gasteiger partial charge in [-0.05, 0) is 49.9 Å². The smallest absolute Gasteiger partial charge is 0.254 e. The molecule has 0 bridgehead atoms. The monoisotopic (exact) mass is 364 g/mol. The Morgan fingerprint density at radius 3 is 2.54 bits per heavy atom. The van der Waals surface area contributed by atoms with Crippen LogP contribution in [0.5, 0.6) is 0 Å². The number of nitrogens with one attached hydrogen (secondary N) is 1. The van der Waals surface area contributed by atoms with Gasteiger partial charge in [0.05, 0.1) is 5.75 Å². The third-order valence-electron chi connectivity index (χ3n) is 3.68.